The lowest BCUT2D eigenvalue weighted by Gasteiger charge is -2.10. The Morgan fingerprint density at radius 2 is 2.17 bits per heavy atom. The normalized spacial score (nSPS) is 9.67. The Kier molecular flexibility index (Phi) is 6.14. The van der Waals surface area contributed by atoms with E-state index < -0.39 is 5.97 Å². The summed E-state index contributed by atoms with van der Waals surface area (Å²) in [6.45, 7) is 3.51. The Morgan fingerprint density at radius 3 is 2.78 bits per heavy atom. The Morgan fingerprint density at radius 1 is 1.44 bits per heavy atom. The van der Waals surface area contributed by atoms with Gasteiger partial charge in [-0.2, -0.15) is 0 Å². The number of esters is 1. The third kappa shape index (κ3) is 4.30. The van der Waals surface area contributed by atoms with Crippen LogP contribution < -0.4 is 4.74 Å². The molecule has 0 spiro atoms. The number of rotatable bonds is 6. The first-order valence-electron chi connectivity index (χ1n) is 4.94. The molecule has 96 valence electrons. The maximum absolute atomic E-state index is 10.9. The molecule has 0 saturated heterocycles. The van der Waals surface area contributed by atoms with Crippen molar-refractivity contribution in [3.05, 3.63) is 38.9 Å². The molecule has 1 aromatic carbocycles. The largest absolute Gasteiger partial charge is 0.488 e. The predicted octanol–water partition coefficient (Wildman–Crippen LogP) is 2.87. The molecule has 0 aliphatic rings. The monoisotopic (exact) mass is 380 g/mol. The van der Waals surface area contributed by atoms with E-state index in [1.807, 2.05) is 22.6 Å². The second-order valence-corrected chi connectivity index (χ2v) is 4.74. The Balaban J connectivity index is 2.64. The van der Waals surface area contributed by atoms with E-state index in [9.17, 15) is 9.59 Å². The zero-order valence-corrected chi connectivity index (χ0v) is 12.2. The van der Waals surface area contributed by atoms with Gasteiger partial charge in [0, 0.05) is 11.1 Å². The smallest absolute Gasteiger partial charge is 0.330 e. The maximum Gasteiger partial charge on any atom is 0.330 e. The summed E-state index contributed by atoms with van der Waals surface area (Å²) in [6.07, 6.45) is 1.74. The van der Waals surface area contributed by atoms with Crippen LogP contribution in [0.25, 0.3) is 0 Å². The Bertz CT molecular complexity index is 473. The molecule has 0 radical (unpaired) electrons. The zero-order chi connectivity index (χ0) is 13.5. The van der Waals surface area contributed by atoms with Crippen LogP contribution in [0.3, 0.4) is 0 Å². The van der Waals surface area contributed by atoms with Crippen LogP contribution in [0.4, 0.5) is 0 Å². The highest BCUT2D eigenvalue weighted by Gasteiger charge is 2.10. The van der Waals surface area contributed by atoms with Crippen molar-refractivity contribution in [1.29, 1.82) is 0 Å². The van der Waals surface area contributed by atoms with Crippen molar-refractivity contribution < 1.29 is 19.1 Å². The minimum Gasteiger partial charge on any atom is -0.488 e. The van der Waals surface area contributed by atoms with E-state index in [1.165, 1.54) is 6.07 Å². The predicted molar refractivity (Wildman–Crippen MR) is 76.2 cm³/mol. The van der Waals surface area contributed by atoms with Crippen molar-refractivity contribution in [2.24, 2.45) is 0 Å². The van der Waals surface area contributed by atoms with Gasteiger partial charge in [0.25, 0.3) is 0 Å². The summed E-state index contributed by atoms with van der Waals surface area (Å²) in [5.74, 6) is -0.0790. The summed E-state index contributed by atoms with van der Waals surface area (Å²) >= 11 is 7.84. The average Bonchev–Trinajstić information content (AvgIpc) is 2.35. The first-order chi connectivity index (χ1) is 8.58. The van der Waals surface area contributed by atoms with Crippen molar-refractivity contribution in [1.82, 2.24) is 0 Å². The molecule has 0 aromatic heterocycles. The number of carbonyl (C=O) groups excluding carboxylic acids is 2. The standard InChI is InChI=1S/C12H10ClIO4/c1-2-11(16)17-3-4-18-12-8(7-15)5-9(13)6-10(12)14/h2,5-7H,1,3-4H2. The molecule has 18 heavy (non-hydrogen) atoms. The van der Waals surface area contributed by atoms with Crippen LogP contribution in [0.1, 0.15) is 10.4 Å². The molecule has 0 fully saturated rings. The molecular formula is C12H10ClIO4. The summed E-state index contributed by atoms with van der Waals surface area (Å²) in [4.78, 5) is 21.7. The van der Waals surface area contributed by atoms with E-state index in [1.54, 1.807) is 6.07 Å². The molecule has 0 bridgehead atoms. The molecule has 0 saturated carbocycles. The lowest BCUT2D eigenvalue weighted by Crippen LogP contribution is -2.11. The van der Waals surface area contributed by atoms with E-state index in [0.717, 1.165) is 9.65 Å². The number of hydrogen-bond acceptors (Lipinski definition) is 4. The fourth-order valence-electron chi connectivity index (χ4n) is 1.16. The molecule has 0 aliphatic heterocycles. The van der Waals surface area contributed by atoms with Crippen LogP contribution in [0, 0.1) is 3.57 Å². The van der Waals surface area contributed by atoms with E-state index in [-0.39, 0.29) is 13.2 Å². The van der Waals surface area contributed by atoms with Crippen LogP contribution in [-0.4, -0.2) is 25.5 Å². The van der Waals surface area contributed by atoms with Gasteiger partial charge in [0.2, 0.25) is 0 Å². The molecule has 1 rings (SSSR count). The van der Waals surface area contributed by atoms with Crippen LogP contribution >= 0.6 is 34.2 Å². The minimum absolute atomic E-state index is 0.0852. The summed E-state index contributed by atoms with van der Waals surface area (Å²) in [5, 5.41) is 0.465. The van der Waals surface area contributed by atoms with E-state index in [4.69, 9.17) is 21.1 Å². The molecule has 4 nitrogen and oxygen atoms in total. The van der Waals surface area contributed by atoms with Crippen LogP contribution in [0.2, 0.25) is 5.02 Å². The second kappa shape index (κ2) is 7.38. The quantitative estimate of drug-likeness (QED) is 0.250. The first kappa shape index (κ1) is 15.0. The molecule has 0 N–H and O–H groups in total. The third-order valence-electron chi connectivity index (χ3n) is 1.90. The van der Waals surface area contributed by atoms with Gasteiger partial charge in [-0.15, -0.1) is 0 Å². The molecule has 0 heterocycles. The van der Waals surface area contributed by atoms with E-state index in [2.05, 4.69) is 6.58 Å². The molecule has 0 unspecified atom stereocenters. The van der Waals surface area contributed by atoms with Gasteiger partial charge < -0.3 is 9.47 Å². The highest BCUT2D eigenvalue weighted by molar-refractivity contribution is 14.1. The van der Waals surface area contributed by atoms with Crippen molar-refractivity contribution in [2.45, 2.75) is 0 Å². The lowest BCUT2D eigenvalue weighted by molar-refractivity contribution is -0.138. The molecular weight excluding hydrogens is 370 g/mol. The molecule has 0 atom stereocenters. The fourth-order valence-corrected chi connectivity index (χ4v) is 2.38. The summed E-state index contributed by atoms with van der Waals surface area (Å²) < 4.78 is 10.9. The maximum atomic E-state index is 10.9. The lowest BCUT2D eigenvalue weighted by atomic mass is 10.2. The summed E-state index contributed by atoms with van der Waals surface area (Å²) in [5.41, 5.74) is 0.363. The third-order valence-corrected chi connectivity index (χ3v) is 2.92. The van der Waals surface area contributed by atoms with Crippen LogP contribution in [0.5, 0.6) is 5.75 Å². The van der Waals surface area contributed by atoms with Gasteiger partial charge in [-0.3, -0.25) is 4.79 Å². The topological polar surface area (TPSA) is 52.6 Å². The highest BCUT2D eigenvalue weighted by Crippen LogP contribution is 2.28. The number of carbonyl (C=O) groups is 2. The van der Waals surface area contributed by atoms with Gasteiger partial charge in [0.1, 0.15) is 19.0 Å². The first-order valence-corrected chi connectivity index (χ1v) is 6.40. The SMILES string of the molecule is C=CC(=O)OCCOc1c(I)cc(Cl)cc1C=O. The van der Waals surface area contributed by atoms with Crippen molar-refractivity contribution >= 4 is 46.4 Å². The minimum atomic E-state index is -0.514. The number of ether oxygens (including phenoxy) is 2. The number of aldehydes is 1. The van der Waals surface area contributed by atoms with Gasteiger partial charge in [-0.05, 0) is 34.7 Å². The van der Waals surface area contributed by atoms with Crippen LogP contribution in [-0.2, 0) is 9.53 Å². The van der Waals surface area contributed by atoms with E-state index >= 15 is 0 Å². The molecule has 6 heteroatoms. The van der Waals surface area contributed by atoms with Gasteiger partial charge in [-0.25, -0.2) is 4.79 Å². The molecule has 0 aliphatic carbocycles. The van der Waals surface area contributed by atoms with Crippen molar-refractivity contribution in [2.75, 3.05) is 13.2 Å². The van der Waals surface area contributed by atoms with Gasteiger partial charge in [0.15, 0.2) is 6.29 Å². The van der Waals surface area contributed by atoms with Crippen molar-refractivity contribution in [3.8, 4) is 5.75 Å². The Hall–Kier alpha value is -1.08. The fraction of sp³-hybridized carbons (Fsp3) is 0.167. The van der Waals surface area contributed by atoms with E-state index in [0.29, 0.717) is 22.6 Å². The Labute approximate surface area is 123 Å². The molecule has 0 amide bonds. The summed E-state index contributed by atoms with van der Waals surface area (Å²) in [7, 11) is 0. The number of halogens is 2. The summed E-state index contributed by atoms with van der Waals surface area (Å²) in [6, 6.07) is 3.20. The average molecular weight is 381 g/mol. The van der Waals surface area contributed by atoms with Crippen LogP contribution in [0.15, 0.2) is 24.8 Å². The number of hydrogen-bond donors (Lipinski definition) is 0. The van der Waals surface area contributed by atoms with Gasteiger partial charge in [-0.1, -0.05) is 18.2 Å². The molecule has 1 aromatic rings. The van der Waals surface area contributed by atoms with Gasteiger partial charge in [0.05, 0.1) is 9.13 Å². The highest BCUT2D eigenvalue weighted by atomic mass is 127. The second-order valence-electron chi connectivity index (χ2n) is 3.14. The van der Waals surface area contributed by atoms with Crippen molar-refractivity contribution in [3.63, 3.8) is 0 Å². The number of benzene rings is 1. The zero-order valence-electron chi connectivity index (χ0n) is 9.32. The van der Waals surface area contributed by atoms with Gasteiger partial charge >= 0.3 is 5.97 Å².